The first-order chi connectivity index (χ1) is 7.31. The van der Waals surface area contributed by atoms with Crippen molar-refractivity contribution in [2.45, 2.75) is 6.42 Å². The smallest absolute Gasteiger partial charge is 0.185 e. The third kappa shape index (κ3) is 1.96. The highest BCUT2D eigenvalue weighted by molar-refractivity contribution is 6.06. The zero-order valence-corrected chi connectivity index (χ0v) is 8.10. The Morgan fingerprint density at radius 3 is 3.07 bits per heavy atom. The molecule has 0 atom stereocenters. The van der Waals surface area contributed by atoms with Crippen molar-refractivity contribution in [2.24, 2.45) is 0 Å². The van der Waals surface area contributed by atoms with Crippen LogP contribution in [0.2, 0.25) is 0 Å². The van der Waals surface area contributed by atoms with E-state index in [0.717, 1.165) is 17.7 Å². The van der Waals surface area contributed by atoms with E-state index in [1.165, 1.54) is 12.2 Å². The molecule has 1 aliphatic rings. The summed E-state index contributed by atoms with van der Waals surface area (Å²) in [7, 11) is 0. The van der Waals surface area contributed by atoms with E-state index in [4.69, 9.17) is 4.74 Å². The van der Waals surface area contributed by atoms with Crippen LogP contribution < -0.4 is 4.74 Å². The van der Waals surface area contributed by atoms with Gasteiger partial charge in [-0.05, 0) is 35.9 Å². The Bertz CT molecular complexity index is 432. The number of fused-ring (bicyclic) bond motifs is 1. The standard InChI is InChI=1S/C12H10O3/c13-6-1-2-11(14)9-3-4-12-10(8-9)5-7-15-12/h1-4,6,8H,5,7H2/b2-1+. The van der Waals surface area contributed by atoms with Gasteiger partial charge in [-0.2, -0.15) is 0 Å². The molecule has 0 N–H and O–H groups in total. The van der Waals surface area contributed by atoms with E-state index in [1.807, 2.05) is 6.07 Å². The summed E-state index contributed by atoms with van der Waals surface area (Å²) in [6, 6.07) is 5.33. The molecule has 2 rings (SSSR count). The summed E-state index contributed by atoms with van der Waals surface area (Å²) < 4.78 is 5.33. The summed E-state index contributed by atoms with van der Waals surface area (Å²) in [6.45, 7) is 0.678. The number of hydrogen-bond donors (Lipinski definition) is 0. The van der Waals surface area contributed by atoms with E-state index in [1.54, 1.807) is 12.1 Å². The van der Waals surface area contributed by atoms with Crippen LogP contribution in [0.25, 0.3) is 0 Å². The third-order valence-corrected chi connectivity index (χ3v) is 2.30. The Kier molecular flexibility index (Phi) is 2.63. The van der Waals surface area contributed by atoms with Gasteiger partial charge in [0.2, 0.25) is 0 Å². The molecule has 0 saturated carbocycles. The second-order valence-electron chi connectivity index (χ2n) is 3.28. The highest BCUT2D eigenvalue weighted by Crippen LogP contribution is 2.25. The lowest BCUT2D eigenvalue weighted by Gasteiger charge is -2.00. The van der Waals surface area contributed by atoms with Gasteiger partial charge < -0.3 is 4.74 Å². The fourth-order valence-electron chi connectivity index (χ4n) is 1.56. The fourth-order valence-corrected chi connectivity index (χ4v) is 1.56. The molecule has 3 heteroatoms. The maximum absolute atomic E-state index is 11.5. The summed E-state index contributed by atoms with van der Waals surface area (Å²) in [5.41, 5.74) is 1.65. The van der Waals surface area contributed by atoms with Crippen LogP contribution in [-0.2, 0) is 11.2 Å². The highest BCUT2D eigenvalue weighted by Gasteiger charge is 2.13. The number of benzene rings is 1. The zero-order valence-electron chi connectivity index (χ0n) is 8.10. The number of carbonyl (C=O) groups excluding carboxylic acids is 2. The van der Waals surface area contributed by atoms with E-state index in [-0.39, 0.29) is 5.78 Å². The van der Waals surface area contributed by atoms with Crippen LogP contribution in [-0.4, -0.2) is 18.7 Å². The Morgan fingerprint density at radius 2 is 2.27 bits per heavy atom. The molecule has 0 radical (unpaired) electrons. The first kappa shape index (κ1) is 9.65. The summed E-state index contributed by atoms with van der Waals surface area (Å²) in [5, 5.41) is 0. The first-order valence-corrected chi connectivity index (χ1v) is 4.73. The van der Waals surface area contributed by atoms with Gasteiger partial charge in [0.1, 0.15) is 12.0 Å². The summed E-state index contributed by atoms with van der Waals surface area (Å²) in [6.07, 6.45) is 3.90. The molecule has 0 unspecified atom stereocenters. The number of ether oxygens (including phenoxy) is 1. The predicted molar refractivity (Wildman–Crippen MR) is 55.2 cm³/mol. The second kappa shape index (κ2) is 4.09. The molecular formula is C12H10O3. The number of rotatable bonds is 3. The van der Waals surface area contributed by atoms with Crippen LogP contribution in [0.5, 0.6) is 5.75 Å². The summed E-state index contributed by atoms with van der Waals surface area (Å²) in [4.78, 5) is 21.6. The molecule has 1 heterocycles. The Morgan fingerprint density at radius 1 is 1.40 bits per heavy atom. The number of hydrogen-bond acceptors (Lipinski definition) is 3. The fraction of sp³-hybridized carbons (Fsp3) is 0.167. The zero-order chi connectivity index (χ0) is 10.7. The lowest BCUT2D eigenvalue weighted by Crippen LogP contribution is -1.95. The van der Waals surface area contributed by atoms with Crippen molar-refractivity contribution in [3.05, 3.63) is 41.5 Å². The van der Waals surface area contributed by atoms with Crippen LogP contribution in [0.1, 0.15) is 15.9 Å². The van der Waals surface area contributed by atoms with Crippen LogP contribution in [0.4, 0.5) is 0 Å². The number of ketones is 1. The number of allylic oxidation sites excluding steroid dienone is 2. The van der Waals surface area contributed by atoms with Crippen LogP contribution in [0, 0.1) is 0 Å². The summed E-state index contributed by atoms with van der Waals surface area (Å²) >= 11 is 0. The Balaban J connectivity index is 2.26. The van der Waals surface area contributed by atoms with Gasteiger partial charge in [0.25, 0.3) is 0 Å². The molecule has 15 heavy (non-hydrogen) atoms. The normalized spacial score (nSPS) is 13.6. The molecule has 0 aliphatic carbocycles. The van der Waals surface area contributed by atoms with Gasteiger partial charge in [0.15, 0.2) is 5.78 Å². The quantitative estimate of drug-likeness (QED) is 0.424. The topological polar surface area (TPSA) is 43.4 Å². The molecule has 0 bridgehead atoms. The van der Waals surface area contributed by atoms with Crippen molar-refractivity contribution >= 4 is 12.1 Å². The molecular weight excluding hydrogens is 192 g/mol. The minimum absolute atomic E-state index is 0.156. The first-order valence-electron chi connectivity index (χ1n) is 4.73. The molecule has 0 saturated heterocycles. The molecule has 1 aromatic rings. The van der Waals surface area contributed by atoms with E-state index >= 15 is 0 Å². The van der Waals surface area contributed by atoms with Gasteiger partial charge in [-0.3, -0.25) is 9.59 Å². The second-order valence-corrected chi connectivity index (χ2v) is 3.28. The molecule has 0 aromatic heterocycles. The molecule has 3 nitrogen and oxygen atoms in total. The van der Waals surface area contributed by atoms with Gasteiger partial charge in [0, 0.05) is 12.0 Å². The highest BCUT2D eigenvalue weighted by atomic mass is 16.5. The van der Waals surface area contributed by atoms with Crippen LogP contribution in [0.3, 0.4) is 0 Å². The van der Waals surface area contributed by atoms with Gasteiger partial charge in [-0.25, -0.2) is 0 Å². The lowest BCUT2D eigenvalue weighted by molar-refractivity contribution is -0.104. The van der Waals surface area contributed by atoms with Gasteiger partial charge in [0.05, 0.1) is 6.61 Å². The molecule has 0 amide bonds. The van der Waals surface area contributed by atoms with Crippen molar-refractivity contribution in [3.8, 4) is 5.75 Å². The minimum Gasteiger partial charge on any atom is -0.493 e. The average Bonchev–Trinajstić information content (AvgIpc) is 2.72. The Hall–Kier alpha value is -1.90. The molecule has 1 aliphatic heterocycles. The van der Waals surface area contributed by atoms with E-state index in [9.17, 15) is 9.59 Å². The number of carbonyl (C=O) groups is 2. The van der Waals surface area contributed by atoms with E-state index in [2.05, 4.69) is 0 Å². The SMILES string of the molecule is O=C/C=C/C(=O)c1ccc2c(c1)CCO2. The number of aldehydes is 1. The van der Waals surface area contributed by atoms with Crippen molar-refractivity contribution < 1.29 is 14.3 Å². The maximum atomic E-state index is 11.5. The minimum atomic E-state index is -0.156. The van der Waals surface area contributed by atoms with E-state index in [0.29, 0.717) is 18.5 Å². The van der Waals surface area contributed by atoms with Crippen LogP contribution >= 0.6 is 0 Å². The molecule has 76 valence electrons. The van der Waals surface area contributed by atoms with E-state index < -0.39 is 0 Å². The average molecular weight is 202 g/mol. The predicted octanol–water partition coefficient (Wildman–Crippen LogP) is 1.56. The van der Waals surface area contributed by atoms with Gasteiger partial charge >= 0.3 is 0 Å². The maximum Gasteiger partial charge on any atom is 0.185 e. The lowest BCUT2D eigenvalue weighted by atomic mass is 10.1. The largest absolute Gasteiger partial charge is 0.493 e. The monoisotopic (exact) mass is 202 g/mol. The molecule has 0 fully saturated rings. The van der Waals surface area contributed by atoms with Crippen molar-refractivity contribution in [1.82, 2.24) is 0 Å². The van der Waals surface area contributed by atoms with Crippen molar-refractivity contribution in [2.75, 3.05) is 6.61 Å². The van der Waals surface area contributed by atoms with Crippen molar-refractivity contribution in [1.29, 1.82) is 0 Å². The Labute approximate surface area is 87.4 Å². The molecule has 0 spiro atoms. The van der Waals surface area contributed by atoms with Crippen molar-refractivity contribution in [3.63, 3.8) is 0 Å². The van der Waals surface area contributed by atoms with Gasteiger partial charge in [-0.15, -0.1) is 0 Å². The van der Waals surface area contributed by atoms with Crippen LogP contribution in [0.15, 0.2) is 30.4 Å². The molecule has 1 aromatic carbocycles. The van der Waals surface area contributed by atoms with Gasteiger partial charge in [-0.1, -0.05) is 0 Å². The third-order valence-electron chi connectivity index (χ3n) is 2.30. The summed E-state index contributed by atoms with van der Waals surface area (Å²) in [5.74, 6) is 0.697.